The number of hydrogen-bond donors (Lipinski definition) is 1. The van der Waals surface area contributed by atoms with Crippen LogP contribution in [0.25, 0.3) is 0 Å². The molecule has 2 aromatic heterocycles. The van der Waals surface area contributed by atoms with Crippen molar-refractivity contribution in [1.29, 1.82) is 0 Å². The lowest BCUT2D eigenvalue weighted by molar-refractivity contribution is -0.144. The maximum Gasteiger partial charge on any atom is 0.435 e. The van der Waals surface area contributed by atoms with Crippen LogP contribution < -0.4 is 0 Å². The Bertz CT molecular complexity index is 651. The Balaban J connectivity index is 2.48. The van der Waals surface area contributed by atoms with Crippen molar-refractivity contribution in [1.82, 2.24) is 20.0 Å². The maximum absolute atomic E-state index is 12.9. The van der Waals surface area contributed by atoms with Crippen molar-refractivity contribution < 1.29 is 23.1 Å². The lowest BCUT2D eigenvalue weighted by Crippen LogP contribution is -2.19. The highest BCUT2D eigenvalue weighted by molar-refractivity contribution is 5.86. The van der Waals surface area contributed by atoms with Gasteiger partial charge < -0.3 is 5.11 Å². The zero-order chi connectivity index (χ0) is 14.9. The summed E-state index contributed by atoms with van der Waals surface area (Å²) in [5.41, 5.74) is -1.48. The number of carboxylic acid groups (broad SMARTS) is 1. The van der Waals surface area contributed by atoms with Crippen LogP contribution in [0.3, 0.4) is 0 Å². The Hall–Kier alpha value is -2.45. The molecule has 0 aliphatic rings. The quantitative estimate of drug-likeness (QED) is 0.929. The average Bonchev–Trinajstić information content (AvgIpc) is 2.76. The summed E-state index contributed by atoms with van der Waals surface area (Å²) in [5, 5.41) is 15.1. The van der Waals surface area contributed by atoms with E-state index in [4.69, 9.17) is 5.11 Å². The van der Waals surface area contributed by atoms with Gasteiger partial charge in [-0.15, -0.1) is 5.10 Å². The van der Waals surface area contributed by atoms with E-state index < -0.39 is 23.5 Å². The highest BCUT2D eigenvalue weighted by Gasteiger charge is 2.41. The van der Waals surface area contributed by atoms with Crippen molar-refractivity contribution in [2.45, 2.75) is 19.6 Å². The van der Waals surface area contributed by atoms with Crippen LogP contribution in [0, 0.1) is 6.92 Å². The van der Waals surface area contributed by atoms with Crippen LogP contribution in [0.4, 0.5) is 13.2 Å². The van der Waals surface area contributed by atoms with Crippen LogP contribution in [0.5, 0.6) is 0 Å². The number of aromatic nitrogens is 4. The minimum absolute atomic E-state index is 0.304. The fourth-order valence-corrected chi connectivity index (χ4v) is 1.67. The summed E-state index contributed by atoms with van der Waals surface area (Å²) in [4.78, 5) is 14.7. The van der Waals surface area contributed by atoms with E-state index in [0.29, 0.717) is 15.9 Å². The van der Waals surface area contributed by atoms with Gasteiger partial charge in [0.05, 0.1) is 12.2 Å². The Morgan fingerprint density at radius 1 is 1.45 bits per heavy atom. The zero-order valence-electron chi connectivity index (χ0n) is 10.2. The molecule has 1 N–H and O–H groups in total. The van der Waals surface area contributed by atoms with Crippen molar-refractivity contribution in [2.24, 2.45) is 0 Å². The third kappa shape index (κ3) is 2.60. The topological polar surface area (TPSA) is 80.9 Å². The highest BCUT2D eigenvalue weighted by atomic mass is 19.4. The summed E-state index contributed by atoms with van der Waals surface area (Å²) in [6, 6.07) is 3.33. The van der Waals surface area contributed by atoms with Crippen LogP contribution in [-0.4, -0.2) is 31.1 Å². The van der Waals surface area contributed by atoms with Gasteiger partial charge in [-0.3, -0.25) is 4.98 Å². The molecule has 0 bridgehead atoms. The Morgan fingerprint density at radius 3 is 2.70 bits per heavy atom. The first-order valence-electron chi connectivity index (χ1n) is 5.45. The standard InChI is InChI=1S/C11H9F3N4O2/c1-6-3-2-4-15-7(6)5-18-9(11(12,13)14)8(10(19)20)16-17-18/h2-4H,5H2,1H3,(H,19,20). The van der Waals surface area contributed by atoms with Gasteiger partial charge in [0, 0.05) is 6.20 Å². The molecule has 0 radical (unpaired) electrons. The molecule has 0 aromatic carbocycles. The van der Waals surface area contributed by atoms with E-state index in [-0.39, 0.29) is 6.54 Å². The monoisotopic (exact) mass is 286 g/mol. The number of carbonyl (C=O) groups is 1. The molecular formula is C11H9F3N4O2. The van der Waals surface area contributed by atoms with Gasteiger partial charge in [0.25, 0.3) is 0 Å². The smallest absolute Gasteiger partial charge is 0.435 e. The molecule has 0 atom stereocenters. The fourth-order valence-electron chi connectivity index (χ4n) is 1.67. The number of alkyl halides is 3. The third-order valence-corrected chi connectivity index (χ3v) is 2.62. The van der Waals surface area contributed by atoms with Crippen LogP contribution in [-0.2, 0) is 12.7 Å². The third-order valence-electron chi connectivity index (χ3n) is 2.62. The SMILES string of the molecule is Cc1cccnc1Cn1nnc(C(=O)O)c1C(F)(F)F. The van der Waals surface area contributed by atoms with Crippen molar-refractivity contribution in [3.63, 3.8) is 0 Å². The second kappa shape index (κ2) is 4.91. The van der Waals surface area contributed by atoms with E-state index in [1.54, 1.807) is 19.1 Å². The predicted molar refractivity (Wildman–Crippen MR) is 60.1 cm³/mol. The van der Waals surface area contributed by atoms with Crippen LogP contribution in [0.15, 0.2) is 18.3 Å². The molecule has 0 spiro atoms. The van der Waals surface area contributed by atoms with Crippen LogP contribution in [0.1, 0.15) is 27.4 Å². The molecule has 106 valence electrons. The molecule has 20 heavy (non-hydrogen) atoms. The molecular weight excluding hydrogens is 277 g/mol. The van der Waals surface area contributed by atoms with Crippen molar-refractivity contribution >= 4 is 5.97 Å². The van der Waals surface area contributed by atoms with Gasteiger partial charge in [0.15, 0.2) is 5.69 Å². The lowest BCUT2D eigenvalue weighted by Gasteiger charge is -2.10. The summed E-state index contributed by atoms with van der Waals surface area (Å²) < 4.78 is 39.3. The van der Waals surface area contributed by atoms with Gasteiger partial charge in [-0.25, -0.2) is 9.48 Å². The molecule has 6 nitrogen and oxygen atoms in total. The largest absolute Gasteiger partial charge is 0.476 e. The number of aryl methyl sites for hydroxylation is 1. The van der Waals surface area contributed by atoms with Crippen LogP contribution in [0.2, 0.25) is 0 Å². The summed E-state index contributed by atoms with van der Waals surface area (Å²) >= 11 is 0. The number of nitrogens with zero attached hydrogens (tertiary/aromatic N) is 4. The van der Waals surface area contributed by atoms with E-state index >= 15 is 0 Å². The van der Waals surface area contributed by atoms with Gasteiger partial charge >= 0.3 is 12.1 Å². The van der Waals surface area contributed by atoms with Gasteiger partial charge in [-0.1, -0.05) is 11.3 Å². The second-order valence-corrected chi connectivity index (χ2v) is 4.01. The number of halogens is 3. The number of carboxylic acids is 1. The first-order valence-corrected chi connectivity index (χ1v) is 5.45. The van der Waals surface area contributed by atoms with Crippen molar-refractivity contribution in [3.8, 4) is 0 Å². The predicted octanol–water partition coefficient (Wildman–Crippen LogP) is 1.75. The molecule has 0 aliphatic heterocycles. The van der Waals surface area contributed by atoms with E-state index in [0.717, 1.165) is 0 Å². The normalized spacial score (nSPS) is 11.6. The number of pyridine rings is 1. The van der Waals surface area contributed by atoms with Gasteiger partial charge in [0.1, 0.15) is 0 Å². The summed E-state index contributed by atoms with van der Waals surface area (Å²) in [5.74, 6) is -1.78. The molecule has 0 aliphatic carbocycles. The Kier molecular flexibility index (Phi) is 3.43. The molecule has 2 rings (SSSR count). The Morgan fingerprint density at radius 2 is 2.15 bits per heavy atom. The maximum atomic E-state index is 12.9. The van der Waals surface area contributed by atoms with E-state index in [1.807, 2.05) is 0 Å². The summed E-state index contributed by atoms with van der Waals surface area (Å²) in [6.07, 6.45) is -3.43. The van der Waals surface area contributed by atoms with E-state index in [9.17, 15) is 18.0 Å². The summed E-state index contributed by atoms with van der Waals surface area (Å²) in [6.45, 7) is 1.38. The van der Waals surface area contributed by atoms with Crippen molar-refractivity contribution in [3.05, 3.63) is 41.0 Å². The molecule has 2 heterocycles. The first kappa shape index (κ1) is 14.0. The zero-order valence-corrected chi connectivity index (χ0v) is 10.2. The van der Waals surface area contributed by atoms with Crippen LogP contribution >= 0.6 is 0 Å². The minimum Gasteiger partial charge on any atom is -0.476 e. The lowest BCUT2D eigenvalue weighted by atomic mass is 10.2. The van der Waals surface area contributed by atoms with Gasteiger partial charge in [0.2, 0.25) is 5.69 Å². The second-order valence-electron chi connectivity index (χ2n) is 4.01. The Labute approximate surface area is 110 Å². The van der Waals surface area contributed by atoms with Gasteiger partial charge in [-0.05, 0) is 18.6 Å². The highest BCUT2D eigenvalue weighted by Crippen LogP contribution is 2.31. The van der Waals surface area contributed by atoms with Crippen molar-refractivity contribution in [2.75, 3.05) is 0 Å². The molecule has 2 aromatic rings. The average molecular weight is 286 g/mol. The van der Waals surface area contributed by atoms with E-state index in [2.05, 4.69) is 15.3 Å². The molecule has 0 saturated heterocycles. The molecule has 0 amide bonds. The number of hydrogen-bond acceptors (Lipinski definition) is 4. The van der Waals surface area contributed by atoms with Gasteiger partial charge in [-0.2, -0.15) is 13.2 Å². The number of aromatic carboxylic acids is 1. The minimum atomic E-state index is -4.86. The molecule has 9 heteroatoms. The number of rotatable bonds is 3. The first-order chi connectivity index (χ1) is 9.30. The van der Waals surface area contributed by atoms with E-state index in [1.165, 1.54) is 6.20 Å². The molecule has 0 saturated carbocycles. The fraction of sp³-hybridized carbons (Fsp3) is 0.273. The molecule has 0 fully saturated rings. The molecule has 0 unspecified atom stereocenters. The summed E-state index contributed by atoms with van der Waals surface area (Å²) in [7, 11) is 0.